The molecule has 0 amide bonds. The molecule has 2 aliphatic carbocycles. The van der Waals surface area contributed by atoms with Gasteiger partial charge in [-0.1, -0.05) is 19.1 Å². The van der Waals surface area contributed by atoms with E-state index < -0.39 is 0 Å². The number of Topliss-reactive ketones (excluding diaryl/α,β-unsaturated/α-hetero) is 1. The summed E-state index contributed by atoms with van der Waals surface area (Å²) >= 11 is 6.14. The lowest BCUT2D eigenvalue weighted by Gasteiger charge is -2.13. The van der Waals surface area contributed by atoms with Crippen LogP contribution in [0.5, 0.6) is 0 Å². The Kier molecular flexibility index (Phi) is 2.29. The quantitative estimate of drug-likeness (QED) is 0.590. The number of hydrogen-bond acceptors (Lipinski definition) is 1. The molecular formula is C11H13ClO. The van der Waals surface area contributed by atoms with Crippen molar-refractivity contribution in [3.8, 4) is 0 Å². The molecule has 0 aliphatic heterocycles. The van der Waals surface area contributed by atoms with Crippen LogP contribution in [0.2, 0.25) is 0 Å². The van der Waals surface area contributed by atoms with E-state index in [1.165, 1.54) is 5.57 Å². The normalized spacial score (nSPS) is 32.6. The summed E-state index contributed by atoms with van der Waals surface area (Å²) in [6.07, 6.45) is 6.66. The van der Waals surface area contributed by atoms with Crippen LogP contribution in [0.3, 0.4) is 0 Å². The van der Waals surface area contributed by atoms with Crippen LogP contribution in [0.4, 0.5) is 0 Å². The van der Waals surface area contributed by atoms with Crippen LogP contribution in [0.25, 0.3) is 0 Å². The number of rotatable bonds is 1. The average Bonchev–Trinajstić information content (AvgIpc) is 2.45. The van der Waals surface area contributed by atoms with Crippen molar-refractivity contribution in [3.05, 3.63) is 23.3 Å². The molecule has 0 radical (unpaired) electrons. The predicted molar refractivity (Wildman–Crippen MR) is 53.8 cm³/mol. The van der Waals surface area contributed by atoms with Crippen molar-refractivity contribution in [1.29, 1.82) is 0 Å². The molecule has 0 aromatic rings. The highest BCUT2D eigenvalue weighted by atomic mass is 35.5. The first kappa shape index (κ1) is 9.01. The summed E-state index contributed by atoms with van der Waals surface area (Å²) in [7, 11) is 0. The minimum atomic E-state index is 0.0699. The highest BCUT2D eigenvalue weighted by Gasteiger charge is 2.34. The molecule has 0 fully saturated rings. The van der Waals surface area contributed by atoms with Gasteiger partial charge >= 0.3 is 0 Å². The Labute approximate surface area is 83.5 Å². The zero-order valence-corrected chi connectivity index (χ0v) is 8.47. The third kappa shape index (κ3) is 1.35. The molecule has 1 nitrogen and oxygen atoms in total. The van der Waals surface area contributed by atoms with Crippen LogP contribution in [0.15, 0.2) is 23.3 Å². The van der Waals surface area contributed by atoms with Gasteiger partial charge in [-0.2, -0.15) is 0 Å². The summed E-state index contributed by atoms with van der Waals surface area (Å²) < 4.78 is 0. The number of ketones is 1. The van der Waals surface area contributed by atoms with Crippen molar-refractivity contribution in [2.75, 3.05) is 0 Å². The van der Waals surface area contributed by atoms with Gasteiger partial charge in [0.15, 0.2) is 5.78 Å². The van der Waals surface area contributed by atoms with Crippen LogP contribution in [0.1, 0.15) is 26.2 Å². The number of carbonyl (C=O) groups is 1. The van der Waals surface area contributed by atoms with Crippen molar-refractivity contribution >= 4 is 17.4 Å². The minimum Gasteiger partial charge on any atom is -0.294 e. The number of allylic oxidation sites excluding steroid dienone is 4. The van der Waals surface area contributed by atoms with E-state index >= 15 is 0 Å². The van der Waals surface area contributed by atoms with Gasteiger partial charge in [0.2, 0.25) is 0 Å². The molecule has 0 saturated carbocycles. The molecule has 2 rings (SSSR count). The number of hydrogen-bond donors (Lipinski definition) is 0. The molecule has 2 aliphatic rings. The second-order valence-electron chi connectivity index (χ2n) is 3.72. The van der Waals surface area contributed by atoms with Crippen molar-refractivity contribution < 1.29 is 4.79 Å². The lowest BCUT2D eigenvalue weighted by molar-refractivity contribution is -0.118. The summed E-state index contributed by atoms with van der Waals surface area (Å²) in [5.41, 5.74) is 2.08. The molecule has 2 unspecified atom stereocenters. The number of carbonyl (C=O) groups excluding carboxylic acids is 1. The van der Waals surface area contributed by atoms with Crippen LogP contribution in [-0.2, 0) is 4.79 Å². The first-order valence-corrected chi connectivity index (χ1v) is 5.25. The van der Waals surface area contributed by atoms with E-state index in [2.05, 4.69) is 6.92 Å². The summed E-state index contributed by atoms with van der Waals surface area (Å²) in [5.74, 6) is 0.508. The predicted octanol–water partition coefficient (Wildman–Crippen LogP) is 2.85. The first-order chi connectivity index (χ1) is 6.24. The molecule has 70 valence electrons. The van der Waals surface area contributed by atoms with Gasteiger partial charge in [0, 0.05) is 11.5 Å². The molecule has 13 heavy (non-hydrogen) atoms. The van der Waals surface area contributed by atoms with Gasteiger partial charge in [-0.3, -0.25) is 4.79 Å². The Balaban J connectivity index is 2.31. The van der Waals surface area contributed by atoms with Crippen molar-refractivity contribution in [2.45, 2.75) is 31.6 Å². The Hall–Kier alpha value is -0.560. The second kappa shape index (κ2) is 3.30. The van der Waals surface area contributed by atoms with Gasteiger partial charge in [-0.25, -0.2) is 0 Å². The van der Waals surface area contributed by atoms with E-state index in [0.29, 0.717) is 5.78 Å². The van der Waals surface area contributed by atoms with Gasteiger partial charge in [0.25, 0.3) is 0 Å². The van der Waals surface area contributed by atoms with E-state index in [1.807, 2.05) is 12.2 Å². The minimum absolute atomic E-state index is 0.0699. The van der Waals surface area contributed by atoms with Gasteiger partial charge in [-0.05, 0) is 24.8 Å². The second-order valence-corrected chi connectivity index (χ2v) is 4.24. The maximum Gasteiger partial charge on any atom is 0.166 e. The van der Waals surface area contributed by atoms with Crippen LogP contribution in [-0.4, -0.2) is 11.2 Å². The fourth-order valence-electron chi connectivity index (χ4n) is 2.11. The van der Waals surface area contributed by atoms with E-state index in [-0.39, 0.29) is 11.3 Å². The summed E-state index contributed by atoms with van der Waals surface area (Å²) in [6.45, 7) is 2.06. The highest BCUT2D eigenvalue weighted by Crippen LogP contribution is 2.38. The van der Waals surface area contributed by atoms with E-state index in [9.17, 15) is 4.79 Å². The summed E-state index contributed by atoms with van der Waals surface area (Å²) in [6, 6.07) is 0. The fraction of sp³-hybridized carbons (Fsp3) is 0.545. The number of alkyl halides is 1. The highest BCUT2D eigenvalue weighted by molar-refractivity contribution is 6.24. The number of halogens is 1. The molecule has 0 spiro atoms. The molecule has 0 bridgehead atoms. The Morgan fingerprint density at radius 2 is 2.38 bits per heavy atom. The third-order valence-corrected chi connectivity index (χ3v) is 3.39. The Bertz CT molecular complexity index is 301. The Morgan fingerprint density at radius 1 is 1.62 bits per heavy atom. The van der Waals surface area contributed by atoms with Crippen molar-refractivity contribution in [3.63, 3.8) is 0 Å². The smallest absolute Gasteiger partial charge is 0.166 e. The van der Waals surface area contributed by atoms with Gasteiger partial charge < -0.3 is 0 Å². The third-order valence-electron chi connectivity index (χ3n) is 2.95. The largest absolute Gasteiger partial charge is 0.294 e. The molecule has 0 aromatic carbocycles. The van der Waals surface area contributed by atoms with Crippen LogP contribution < -0.4 is 0 Å². The van der Waals surface area contributed by atoms with Crippen molar-refractivity contribution in [1.82, 2.24) is 0 Å². The standard InChI is InChI=1S/C11H13ClO/c1-2-7-6-9-8(11(7)13)4-3-5-10(9)12/h3-4,7,10H,2,5-6H2,1H3. The SMILES string of the molecule is CCC1CC2=C(C=CCC2Cl)C1=O. The zero-order valence-electron chi connectivity index (χ0n) is 7.72. The van der Waals surface area contributed by atoms with Gasteiger partial charge in [-0.15, -0.1) is 11.6 Å². The fourth-order valence-corrected chi connectivity index (χ4v) is 2.42. The molecular weight excluding hydrogens is 184 g/mol. The maximum atomic E-state index is 11.7. The topological polar surface area (TPSA) is 17.1 Å². The molecule has 0 saturated heterocycles. The van der Waals surface area contributed by atoms with E-state index in [0.717, 1.165) is 24.8 Å². The van der Waals surface area contributed by atoms with Gasteiger partial charge in [0.05, 0.1) is 5.38 Å². The van der Waals surface area contributed by atoms with E-state index in [1.54, 1.807) is 0 Å². The summed E-state index contributed by atoms with van der Waals surface area (Å²) in [4.78, 5) is 11.7. The molecule has 2 heteroatoms. The molecule has 0 heterocycles. The zero-order chi connectivity index (χ0) is 9.42. The molecule has 0 aromatic heterocycles. The first-order valence-electron chi connectivity index (χ1n) is 4.82. The maximum absolute atomic E-state index is 11.7. The lowest BCUT2D eigenvalue weighted by atomic mass is 9.99. The van der Waals surface area contributed by atoms with Crippen molar-refractivity contribution in [2.24, 2.45) is 5.92 Å². The monoisotopic (exact) mass is 196 g/mol. The van der Waals surface area contributed by atoms with Crippen LogP contribution >= 0.6 is 11.6 Å². The average molecular weight is 197 g/mol. The van der Waals surface area contributed by atoms with E-state index in [4.69, 9.17) is 11.6 Å². The summed E-state index contributed by atoms with van der Waals surface area (Å²) in [5, 5.41) is 0.0699. The van der Waals surface area contributed by atoms with Crippen LogP contribution in [0, 0.1) is 5.92 Å². The lowest BCUT2D eigenvalue weighted by Crippen LogP contribution is -2.08. The molecule has 2 atom stereocenters. The van der Waals surface area contributed by atoms with Gasteiger partial charge in [0.1, 0.15) is 0 Å². The Morgan fingerprint density at radius 3 is 3.00 bits per heavy atom. The molecule has 0 N–H and O–H groups in total.